The van der Waals surface area contributed by atoms with Gasteiger partial charge < -0.3 is 4.98 Å². The lowest BCUT2D eigenvalue weighted by Gasteiger charge is -1.87. The van der Waals surface area contributed by atoms with E-state index < -0.39 is 0 Å². The number of aromatic nitrogens is 1. The van der Waals surface area contributed by atoms with E-state index in [4.69, 9.17) is 0 Å². The van der Waals surface area contributed by atoms with Gasteiger partial charge >= 0.3 is 0 Å². The number of fused-ring (bicyclic) bond motifs is 1. The second-order valence-corrected chi connectivity index (χ2v) is 2.68. The van der Waals surface area contributed by atoms with Crippen molar-refractivity contribution in [1.82, 2.24) is 4.98 Å². The predicted octanol–water partition coefficient (Wildman–Crippen LogP) is 4.67. The smallest absolute Gasteiger partial charge is 0.125 e. The van der Waals surface area contributed by atoms with E-state index in [0.29, 0.717) is 0 Å². The Morgan fingerprint density at radius 1 is 1.00 bits per heavy atom. The van der Waals surface area contributed by atoms with Crippen LogP contribution < -0.4 is 0 Å². The van der Waals surface area contributed by atoms with E-state index in [0.717, 1.165) is 16.6 Å². The molecule has 15 heavy (non-hydrogen) atoms. The molecule has 0 spiro atoms. The third-order valence-corrected chi connectivity index (χ3v) is 1.72. The highest BCUT2D eigenvalue weighted by atomic mass is 19.1. The molecule has 0 amide bonds. The molecule has 0 saturated carbocycles. The van der Waals surface area contributed by atoms with Crippen molar-refractivity contribution >= 4 is 10.9 Å². The van der Waals surface area contributed by atoms with E-state index >= 15 is 0 Å². The van der Waals surface area contributed by atoms with Crippen LogP contribution in [-0.4, -0.2) is 4.98 Å². The average Bonchev–Trinajstić information content (AvgIpc) is 2.63. The molecule has 1 N–H and O–H groups in total. The third kappa shape index (κ3) is 3.74. The third-order valence-electron chi connectivity index (χ3n) is 1.72. The van der Waals surface area contributed by atoms with Crippen LogP contribution in [0.5, 0.6) is 0 Å². The van der Waals surface area contributed by atoms with Gasteiger partial charge in [-0.3, -0.25) is 0 Å². The zero-order valence-corrected chi connectivity index (χ0v) is 10.2. The van der Waals surface area contributed by atoms with Crippen molar-refractivity contribution < 1.29 is 4.39 Å². The molecule has 0 bridgehead atoms. The van der Waals surface area contributed by atoms with Gasteiger partial charge in [0, 0.05) is 11.2 Å². The Labute approximate surface area is 91.3 Å². The molecule has 0 atom stereocenters. The maximum absolute atomic E-state index is 12.6. The minimum Gasteiger partial charge on any atom is -0.359 e. The molecule has 0 aliphatic heterocycles. The van der Waals surface area contributed by atoms with Crippen molar-refractivity contribution in [2.75, 3.05) is 0 Å². The fourth-order valence-corrected chi connectivity index (χ4v) is 1.24. The van der Waals surface area contributed by atoms with Gasteiger partial charge in [-0.1, -0.05) is 27.7 Å². The monoisotopic (exact) mass is 209 g/mol. The van der Waals surface area contributed by atoms with Gasteiger partial charge in [-0.2, -0.15) is 0 Å². The van der Waals surface area contributed by atoms with Crippen molar-refractivity contribution in [3.8, 4) is 0 Å². The molecule has 2 aromatic rings. The fraction of sp³-hybridized carbons (Fsp3) is 0.385. The molecule has 2 rings (SSSR count). The maximum atomic E-state index is 12.6. The van der Waals surface area contributed by atoms with Crippen molar-refractivity contribution in [3.63, 3.8) is 0 Å². The van der Waals surface area contributed by atoms with E-state index in [1.807, 2.05) is 40.7 Å². The van der Waals surface area contributed by atoms with Gasteiger partial charge in [0.15, 0.2) is 0 Å². The SMILES string of the molecule is CC.CC.Cc1cc2ccc(F)cc2[nH]1. The summed E-state index contributed by atoms with van der Waals surface area (Å²) in [6, 6.07) is 6.74. The van der Waals surface area contributed by atoms with E-state index in [9.17, 15) is 4.39 Å². The van der Waals surface area contributed by atoms with Crippen LogP contribution in [0.1, 0.15) is 33.4 Å². The number of aromatic amines is 1. The van der Waals surface area contributed by atoms with Gasteiger partial charge in [0.1, 0.15) is 5.82 Å². The fourth-order valence-electron chi connectivity index (χ4n) is 1.24. The Bertz CT molecular complexity index is 390. The lowest BCUT2D eigenvalue weighted by Crippen LogP contribution is -1.72. The van der Waals surface area contributed by atoms with Crippen molar-refractivity contribution in [2.24, 2.45) is 0 Å². The van der Waals surface area contributed by atoms with Crippen molar-refractivity contribution in [3.05, 3.63) is 35.8 Å². The minimum absolute atomic E-state index is 0.195. The van der Waals surface area contributed by atoms with Gasteiger partial charge in [-0.25, -0.2) is 4.39 Å². The predicted molar refractivity (Wildman–Crippen MR) is 65.7 cm³/mol. The summed E-state index contributed by atoms with van der Waals surface area (Å²) in [6.07, 6.45) is 0. The largest absolute Gasteiger partial charge is 0.359 e. The number of H-pyrrole nitrogens is 1. The Balaban J connectivity index is 0.000000442. The summed E-state index contributed by atoms with van der Waals surface area (Å²) in [6.45, 7) is 9.96. The first-order valence-electron chi connectivity index (χ1n) is 5.50. The summed E-state index contributed by atoms with van der Waals surface area (Å²) in [5.41, 5.74) is 1.92. The number of halogens is 1. The van der Waals surface area contributed by atoms with E-state index in [-0.39, 0.29) is 5.82 Å². The highest BCUT2D eigenvalue weighted by Crippen LogP contribution is 2.15. The van der Waals surface area contributed by atoms with Gasteiger partial charge in [-0.15, -0.1) is 0 Å². The van der Waals surface area contributed by atoms with Crippen LogP contribution in [0.25, 0.3) is 10.9 Å². The first-order valence-corrected chi connectivity index (χ1v) is 5.50. The van der Waals surface area contributed by atoms with Crippen LogP contribution in [-0.2, 0) is 0 Å². The number of hydrogen-bond donors (Lipinski definition) is 1. The van der Waals surface area contributed by atoms with Crippen LogP contribution in [0, 0.1) is 12.7 Å². The van der Waals surface area contributed by atoms with Crippen LogP contribution >= 0.6 is 0 Å². The maximum Gasteiger partial charge on any atom is 0.125 e. The molecule has 0 radical (unpaired) electrons. The molecule has 2 heteroatoms. The standard InChI is InChI=1S/C9H8FN.2C2H6/c1-6-4-7-2-3-8(10)5-9(7)11-6;2*1-2/h2-5,11H,1H3;2*1-2H3. The van der Waals surface area contributed by atoms with Crippen molar-refractivity contribution in [1.29, 1.82) is 0 Å². The normalized spacial score (nSPS) is 8.67. The number of hydrogen-bond acceptors (Lipinski definition) is 0. The molecular formula is C13H20FN. The van der Waals surface area contributed by atoms with Gasteiger partial charge in [-0.05, 0) is 36.6 Å². The summed E-state index contributed by atoms with van der Waals surface area (Å²) in [5.74, 6) is -0.195. The lowest BCUT2D eigenvalue weighted by molar-refractivity contribution is 0.629. The van der Waals surface area contributed by atoms with Gasteiger partial charge in [0.05, 0.1) is 0 Å². The molecule has 0 unspecified atom stereocenters. The molecule has 0 fully saturated rings. The summed E-state index contributed by atoms with van der Waals surface area (Å²) in [5, 5.41) is 1.06. The van der Waals surface area contributed by atoms with Crippen LogP contribution in [0.4, 0.5) is 4.39 Å². The molecule has 1 nitrogen and oxygen atoms in total. The highest BCUT2D eigenvalue weighted by molar-refractivity contribution is 5.80. The minimum atomic E-state index is -0.195. The van der Waals surface area contributed by atoms with E-state index in [1.54, 1.807) is 6.07 Å². The Kier molecular flexibility index (Phi) is 6.43. The first-order chi connectivity index (χ1) is 7.25. The number of aryl methyl sites for hydroxylation is 1. The summed E-state index contributed by atoms with van der Waals surface area (Å²) >= 11 is 0. The average molecular weight is 209 g/mol. The van der Waals surface area contributed by atoms with E-state index in [2.05, 4.69) is 4.98 Å². The topological polar surface area (TPSA) is 15.8 Å². The molecule has 84 valence electrons. The lowest BCUT2D eigenvalue weighted by atomic mass is 10.2. The zero-order chi connectivity index (χ0) is 11.8. The highest BCUT2D eigenvalue weighted by Gasteiger charge is 1.97. The first kappa shape index (κ1) is 13.7. The summed E-state index contributed by atoms with van der Waals surface area (Å²) < 4.78 is 12.6. The molecule has 1 aromatic carbocycles. The molecule has 1 heterocycles. The number of nitrogens with one attached hydrogen (secondary N) is 1. The Morgan fingerprint density at radius 2 is 1.60 bits per heavy atom. The Morgan fingerprint density at radius 3 is 2.20 bits per heavy atom. The second-order valence-electron chi connectivity index (χ2n) is 2.68. The van der Waals surface area contributed by atoms with Crippen LogP contribution in [0.2, 0.25) is 0 Å². The molecular weight excluding hydrogens is 189 g/mol. The van der Waals surface area contributed by atoms with Gasteiger partial charge in [0.25, 0.3) is 0 Å². The second kappa shape index (κ2) is 7.04. The zero-order valence-electron chi connectivity index (χ0n) is 10.2. The Hall–Kier alpha value is -1.31. The van der Waals surface area contributed by atoms with Crippen LogP contribution in [0.3, 0.4) is 0 Å². The van der Waals surface area contributed by atoms with E-state index in [1.165, 1.54) is 12.1 Å². The van der Waals surface area contributed by atoms with Crippen molar-refractivity contribution in [2.45, 2.75) is 34.6 Å². The summed E-state index contributed by atoms with van der Waals surface area (Å²) in [4.78, 5) is 3.06. The van der Waals surface area contributed by atoms with Crippen LogP contribution in [0.15, 0.2) is 24.3 Å². The van der Waals surface area contributed by atoms with Gasteiger partial charge in [0.2, 0.25) is 0 Å². The molecule has 0 aliphatic rings. The molecule has 0 aliphatic carbocycles. The molecule has 1 aromatic heterocycles. The number of rotatable bonds is 0. The number of benzene rings is 1. The summed E-state index contributed by atoms with van der Waals surface area (Å²) in [7, 11) is 0. The molecule has 0 saturated heterocycles. The quantitative estimate of drug-likeness (QED) is 0.649.